The van der Waals surface area contributed by atoms with E-state index in [0.717, 1.165) is 51.7 Å². The van der Waals surface area contributed by atoms with Gasteiger partial charge in [-0.05, 0) is 43.9 Å². The molecule has 0 spiro atoms. The van der Waals surface area contributed by atoms with Crippen LogP contribution in [0.4, 0.5) is 0 Å². The van der Waals surface area contributed by atoms with Crippen LogP contribution < -0.4 is 5.73 Å². The smallest absolute Gasteiger partial charge is 0.150 e. The molecule has 2 aliphatic rings. The summed E-state index contributed by atoms with van der Waals surface area (Å²) in [4.78, 5) is 0. The third-order valence-corrected chi connectivity index (χ3v) is 6.27. The van der Waals surface area contributed by atoms with Crippen molar-refractivity contribution in [1.29, 1.82) is 0 Å². The Morgan fingerprint density at radius 2 is 1.78 bits per heavy atom. The van der Waals surface area contributed by atoms with Gasteiger partial charge in [-0.2, -0.15) is 0 Å². The summed E-state index contributed by atoms with van der Waals surface area (Å²) in [6.45, 7) is 1.61. The molecule has 0 aromatic rings. The van der Waals surface area contributed by atoms with Crippen molar-refractivity contribution in [3.05, 3.63) is 0 Å². The lowest BCUT2D eigenvalue weighted by Gasteiger charge is -2.37. The molecule has 0 radical (unpaired) electrons. The van der Waals surface area contributed by atoms with E-state index in [0.29, 0.717) is 11.8 Å². The molecule has 4 nitrogen and oxygen atoms in total. The number of rotatable bonds is 3. The summed E-state index contributed by atoms with van der Waals surface area (Å²) in [6, 6.07) is 0.151. The van der Waals surface area contributed by atoms with Crippen molar-refractivity contribution in [2.24, 2.45) is 17.6 Å². The van der Waals surface area contributed by atoms with Gasteiger partial charge < -0.3 is 10.5 Å². The van der Waals surface area contributed by atoms with Crippen molar-refractivity contribution in [2.45, 2.75) is 49.8 Å². The summed E-state index contributed by atoms with van der Waals surface area (Å²) in [7, 11) is -2.90. The maximum absolute atomic E-state index is 11.7. The molecular weight excluding hydrogens is 250 g/mol. The van der Waals surface area contributed by atoms with E-state index in [9.17, 15) is 8.42 Å². The minimum absolute atomic E-state index is 0.151. The van der Waals surface area contributed by atoms with Gasteiger partial charge in [0, 0.05) is 25.5 Å². The Kier molecular flexibility index (Phi) is 4.67. The summed E-state index contributed by atoms with van der Waals surface area (Å²) in [5.74, 6) is 0.892. The lowest BCUT2D eigenvalue weighted by Crippen LogP contribution is -2.43. The number of nitrogens with two attached hydrogens (primary N) is 1. The first kappa shape index (κ1) is 14.3. The Morgan fingerprint density at radius 1 is 1.11 bits per heavy atom. The van der Waals surface area contributed by atoms with E-state index in [-0.39, 0.29) is 11.3 Å². The first-order valence-electron chi connectivity index (χ1n) is 7.00. The third kappa shape index (κ3) is 3.45. The van der Waals surface area contributed by atoms with Gasteiger partial charge in [0.15, 0.2) is 0 Å². The van der Waals surface area contributed by atoms with Crippen LogP contribution in [0.2, 0.25) is 0 Å². The van der Waals surface area contributed by atoms with Crippen LogP contribution in [0, 0.1) is 11.8 Å². The predicted molar refractivity (Wildman–Crippen MR) is 72.1 cm³/mol. The van der Waals surface area contributed by atoms with Crippen molar-refractivity contribution in [3.8, 4) is 0 Å². The zero-order valence-electron chi connectivity index (χ0n) is 11.2. The molecule has 1 aliphatic heterocycles. The molecule has 3 unspecified atom stereocenters. The van der Waals surface area contributed by atoms with Crippen LogP contribution in [-0.2, 0) is 14.6 Å². The lowest BCUT2D eigenvalue weighted by molar-refractivity contribution is 0.0479. The van der Waals surface area contributed by atoms with Crippen LogP contribution in [-0.4, -0.2) is 39.2 Å². The third-order valence-electron chi connectivity index (χ3n) is 4.63. The maximum Gasteiger partial charge on any atom is 0.150 e. The standard InChI is InChI=1S/C13H25NO3S/c1-18(15,16)12-4-2-3-11(9-12)13(14)10-5-7-17-8-6-10/h10-13H,2-9,14H2,1H3. The highest BCUT2D eigenvalue weighted by atomic mass is 32.2. The molecule has 5 heteroatoms. The van der Waals surface area contributed by atoms with Gasteiger partial charge in [0.25, 0.3) is 0 Å². The second kappa shape index (κ2) is 5.88. The van der Waals surface area contributed by atoms with E-state index >= 15 is 0 Å². The minimum Gasteiger partial charge on any atom is -0.381 e. The lowest BCUT2D eigenvalue weighted by atomic mass is 9.76. The fraction of sp³-hybridized carbons (Fsp3) is 1.00. The summed E-state index contributed by atoms with van der Waals surface area (Å²) in [5.41, 5.74) is 6.38. The molecule has 3 atom stereocenters. The first-order chi connectivity index (χ1) is 8.48. The highest BCUT2D eigenvalue weighted by Gasteiger charge is 2.35. The topological polar surface area (TPSA) is 69.4 Å². The number of ether oxygens (including phenoxy) is 1. The average molecular weight is 275 g/mol. The number of hydrogen-bond acceptors (Lipinski definition) is 4. The van der Waals surface area contributed by atoms with Crippen molar-refractivity contribution >= 4 is 9.84 Å². The molecule has 2 fully saturated rings. The van der Waals surface area contributed by atoms with Crippen molar-refractivity contribution in [3.63, 3.8) is 0 Å². The second-order valence-corrected chi connectivity index (χ2v) is 8.23. The summed E-state index contributed by atoms with van der Waals surface area (Å²) in [5, 5.41) is -0.165. The van der Waals surface area contributed by atoms with E-state index in [4.69, 9.17) is 10.5 Å². The van der Waals surface area contributed by atoms with E-state index in [1.165, 1.54) is 6.26 Å². The first-order valence-corrected chi connectivity index (χ1v) is 8.96. The molecule has 18 heavy (non-hydrogen) atoms. The van der Waals surface area contributed by atoms with E-state index in [2.05, 4.69) is 0 Å². The van der Waals surface area contributed by atoms with Gasteiger partial charge in [-0.25, -0.2) is 8.42 Å². The second-order valence-electron chi connectivity index (χ2n) is 5.91. The van der Waals surface area contributed by atoms with E-state index < -0.39 is 9.84 Å². The van der Waals surface area contributed by atoms with Crippen molar-refractivity contribution in [2.75, 3.05) is 19.5 Å². The highest BCUT2D eigenvalue weighted by molar-refractivity contribution is 7.91. The number of sulfone groups is 1. The van der Waals surface area contributed by atoms with Gasteiger partial charge in [0.05, 0.1) is 5.25 Å². The van der Waals surface area contributed by atoms with E-state index in [1.54, 1.807) is 0 Å². The molecule has 106 valence electrons. The summed E-state index contributed by atoms with van der Waals surface area (Å²) in [6.07, 6.45) is 7.08. The van der Waals surface area contributed by atoms with Crippen LogP contribution in [0.1, 0.15) is 38.5 Å². The minimum atomic E-state index is -2.90. The van der Waals surface area contributed by atoms with Crippen LogP contribution in [0.5, 0.6) is 0 Å². The van der Waals surface area contributed by atoms with Crippen LogP contribution >= 0.6 is 0 Å². The summed E-state index contributed by atoms with van der Waals surface area (Å²) < 4.78 is 28.7. The quantitative estimate of drug-likeness (QED) is 0.844. The molecule has 1 aliphatic carbocycles. The molecule has 2 N–H and O–H groups in total. The Bertz CT molecular complexity index is 362. The monoisotopic (exact) mass is 275 g/mol. The Labute approximate surface area is 110 Å². The normalized spacial score (nSPS) is 33.2. The largest absolute Gasteiger partial charge is 0.381 e. The molecule has 0 aromatic carbocycles. The molecule has 1 saturated carbocycles. The molecule has 0 aromatic heterocycles. The average Bonchev–Trinajstić information content (AvgIpc) is 2.38. The zero-order chi connectivity index (χ0) is 13.2. The molecular formula is C13H25NO3S. The van der Waals surface area contributed by atoms with Gasteiger partial charge in [0.2, 0.25) is 0 Å². The zero-order valence-corrected chi connectivity index (χ0v) is 12.0. The molecule has 0 amide bonds. The molecule has 1 saturated heterocycles. The predicted octanol–water partition coefficient (Wildman–Crippen LogP) is 1.34. The summed E-state index contributed by atoms with van der Waals surface area (Å²) >= 11 is 0. The van der Waals surface area contributed by atoms with Gasteiger partial charge in [-0.3, -0.25) is 0 Å². The van der Waals surface area contributed by atoms with Crippen molar-refractivity contribution < 1.29 is 13.2 Å². The van der Waals surface area contributed by atoms with Gasteiger partial charge in [-0.1, -0.05) is 6.42 Å². The van der Waals surface area contributed by atoms with Gasteiger partial charge in [0.1, 0.15) is 9.84 Å². The number of hydrogen-bond donors (Lipinski definition) is 1. The van der Waals surface area contributed by atoms with Crippen LogP contribution in [0.25, 0.3) is 0 Å². The fourth-order valence-corrected chi connectivity index (χ4v) is 4.60. The Morgan fingerprint density at radius 3 is 2.39 bits per heavy atom. The SMILES string of the molecule is CS(=O)(=O)C1CCCC(C(N)C2CCOCC2)C1. The Balaban J connectivity index is 1.95. The van der Waals surface area contributed by atoms with E-state index in [1.807, 2.05) is 0 Å². The molecule has 2 rings (SSSR count). The van der Waals surface area contributed by atoms with Gasteiger partial charge in [-0.15, -0.1) is 0 Å². The Hall–Kier alpha value is -0.130. The highest BCUT2D eigenvalue weighted by Crippen LogP contribution is 2.34. The molecule has 0 bridgehead atoms. The molecule has 1 heterocycles. The maximum atomic E-state index is 11.7. The fourth-order valence-electron chi connectivity index (χ4n) is 3.41. The van der Waals surface area contributed by atoms with Crippen LogP contribution in [0.3, 0.4) is 0 Å². The van der Waals surface area contributed by atoms with Crippen LogP contribution in [0.15, 0.2) is 0 Å². The van der Waals surface area contributed by atoms with Crippen molar-refractivity contribution in [1.82, 2.24) is 0 Å². The van der Waals surface area contributed by atoms with Gasteiger partial charge >= 0.3 is 0 Å².